The van der Waals surface area contributed by atoms with Crippen LogP contribution >= 0.6 is 23.2 Å². The van der Waals surface area contributed by atoms with E-state index in [1.165, 1.54) is 23.1 Å². The SMILES string of the molecule is CC(C)C(=O)C1=C(O)C(=O)N(c2ccc(Cl)c(Cl)c2)C1c1ccc(O)cc1. The molecule has 0 aromatic heterocycles. The van der Waals surface area contributed by atoms with Gasteiger partial charge in [0.2, 0.25) is 0 Å². The molecule has 1 amide bonds. The lowest BCUT2D eigenvalue weighted by atomic mass is 9.91. The van der Waals surface area contributed by atoms with E-state index in [9.17, 15) is 19.8 Å². The molecule has 2 N–H and O–H groups in total. The summed E-state index contributed by atoms with van der Waals surface area (Å²) in [6.45, 7) is 3.39. The van der Waals surface area contributed by atoms with E-state index in [1.807, 2.05) is 0 Å². The fraction of sp³-hybridized carbons (Fsp3) is 0.200. The first-order valence-corrected chi connectivity index (χ1v) is 9.02. The number of anilines is 1. The quantitative estimate of drug-likeness (QED) is 0.763. The van der Waals surface area contributed by atoms with Gasteiger partial charge in [0, 0.05) is 11.6 Å². The number of nitrogens with zero attached hydrogens (tertiary/aromatic N) is 1. The van der Waals surface area contributed by atoms with Crippen molar-refractivity contribution in [2.24, 2.45) is 5.92 Å². The molecule has 27 heavy (non-hydrogen) atoms. The maximum atomic E-state index is 12.8. The van der Waals surface area contributed by atoms with Gasteiger partial charge in [0.15, 0.2) is 11.5 Å². The van der Waals surface area contributed by atoms with Gasteiger partial charge in [-0.05, 0) is 35.9 Å². The molecule has 1 heterocycles. The molecule has 1 aliphatic heterocycles. The van der Waals surface area contributed by atoms with Crippen LogP contribution in [0.5, 0.6) is 5.75 Å². The Morgan fingerprint density at radius 3 is 2.22 bits per heavy atom. The molecule has 140 valence electrons. The summed E-state index contributed by atoms with van der Waals surface area (Å²) < 4.78 is 0. The summed E-state index contributed by atoms with van der Waals surface area (Å²) in [6.07, 6.45) is 0. The van der Waals surface area contributed by atoms with Gasteiger partial charge in [-0.1, -0.05) is 49.2 Å². The highest BCUT2D eigenvalue weighted by molar-refractivity contribution is 6.42. The minimum absolute atomic E-state index is 0.0202. The Kier molecular flexibility index (Phi) is 5.18. The van der Waals surface area contributed by atoms with Gasteiger partial charge in [-0.15, -0.1) is 0 Å². The molecule has 1 aliphatic rings. The van der Waals surface area contributed by atoms with E-state index in [0.29, 0.717) is 16.3 Å². The zero-order valence-electron chi connectivity index (χ0n) is 14.6. The van der Waals surface area contributed by atoms with Crippen LogP contribution in [0.4, 0.5) is 5.69 Å². The molecule has 7 heteroatoms. The summed E-state index contributed by atoms with van der Waals surface area (Å²) in [6, 6.07) is 9.92. The van der Waals surface area contributed by atoms with E-state index in [2.05, 4.69) is 0 Å². The van der Waals surface area contributed by atoms with Gasteiger partial charge >= 0.3 is 0 Å². The number of aliphatic hydroxyl groups is 1. The Labute approximate surface area is 166 Å². The molecular formula is C20H17Cl2NO4. The summed E-state index contributed by atoms with van der Waals surface area (Å²) in [5, 5.41) is 20.6. The van der Waals surface area contributed by atoms with Crippen LogP contribution in [0.3, 0.4) is 0 Å². The molecule has 0 spiro atoms. The average molecular weight is 406 g/mol. The third kappa shape index (κ3) is 3.40. The molecule has 2 aromatic carbocycles. The topological polar surface area (TPSA) is 77.8 Å². The number of halogens is 2. The van der Waals surface area contributed by atoms with Gasteiger partial charge in [-0.25, -0.2) is 0 Å². The number of carbonyl (C=O) groups excluding carboxylic acids is 2. The standard InChI is InChI=1S/C20H17Cl2NO4/c1-10(2)18(25)16-17(11-3-6-13(24)7-4-11)23(20(27)19(16)26)12-5-8-14(21)15(22)9-12/h3-10,17,24,26H,1-2H3. The number of amides is 1. The van der Waals surface area contributed by atoms with E-state index in [0.717, 1.165) is 0 Å². The van der Waals surface area contributed by atoms with E-state index >= 15 is 0 Å². The molecule has 0 fully saturated rings. The predicted octanol–water partition coefficient (Wildman–Crippen LogP) is 4.82. The van der Waals surface area contributed by atoms with E-state index in [4.69, 9.17) is 23.2 Å². The van der Waals surface area contributed by atoms with Crippen LogP contribution in [-0.2, 0) is 9.59 Å². The fourth-order valence-electron chi connectivity index (χ4n) is 3.04. The number of phenols is 1. The number of aliphatic hydroxyl groups excluding tert-OH is 1. The lowest BCUT2D eigenvalue weighted by Gasteiger charge is -2.27. The van der Waals surface area contributed by atoms with Crippen molar-refractivity contribution in [2.45, 2.75) is 19.9 Å². The molecule has 0 saturated carbocycles. The van der Waals surface area contributed by atoms with E-state index < -0.39 is 23.6 Å². The Morgan fingerprint density at radius 1 is 1.04 bits per heavy atom. The van der Waals surface area contributed by atoms with Crippen molar-refractivity contribution in [1.82, 2.24) is 0 Å². The van der Waals surface area contributed by atoms with E-state index in [1.54, 1.807) is 38.1 Å². The van der Waals surface area contributed by atoms with Crippen molar-refractivity contribution in [3.8, 4) is 5.75 Å². The number of benzene rings is 2. The van der Waals surface area contributed by atoms with Crippen molar-refractivity contribution in [3.63, 3.8) is 0 Å². The van der Waals surface area contributed by atoms with Crippen molar-refractivity contribution in [2.75, 3.05) is 4.90 Å². The number of ketones is 1. The van der Waals surface area contributed by atoms with Crippen molar-refractivity contribution in [1.29, 1.82) is 0 Å². The van der Waals surface area contributed by atoms with Gasteiger partial charge in [-0.2, -0.15) is 0 Å². The van der Waals surface area contributed by atoms with E-state index in [-0.39, 0.29) is 22.1 Å². The Balaban J connectivity index is 2.20. The number of aromatic hydroxyl groups is 1. The van der Waals surface area contributed by atoms with Gasteiger partial charge in [0.05, 0.1) is 21.7 Å². The highest BCUT2D eigenvalue weighted by Gasteiger charge is 2.44. The predicted molar refractivity (Wildman–Crippen MR) is 104 cm³/mol. The molecule has 1 unspecified atom stereocenters. The van der Waals surface area contributed by atoms with Gasteiger partial charge < -0.3 is 10.2 Å². The maximum Gasteiger partial charge on any atom is 0.294 e. The molecule has 1 atom stereocenters. The second kappa shape index (κ2) is 7.25. The first-order valence-electron chi connectivity index (χ1n) is 8.27. The zero-order chi connectivity index (χ0) is 19.9. The monoisotopic (exact) mass is 405 g/mol. The fourth-order valence-corrected chi connectivity index (χ4v) is 3.33. The van der Waals surface area contributed by atoms with Crippen LogP contribution in [0.25, 0.3) is 0 Å². The van der Waals surface area contributed by atoms with Crippen LogP contribution < -0.4 is 4.90 Å². The molecule has 2 aromatic rings. The number of phenolic OH excluding ortho intramolecular Hbond substituents is 1. The lowest BCUT2D eigenvalue weighted by molar-refractivity contribution is -0.119. The van der Waals surface area contributed by atoms with Crippen LogP contribution in [0.15, 0.2) is 53.8 Å². The van der Waals surface area contributed by atoms with Crippen molar-refractivity contribution >= 4 is 40.6 Å². The lowest BCUT2D eigenvalue weighted by Crippen LogP contribution is -2.31. The summed E-state index contributed by atoms with van der Waals surface area (Å²) in [7, 11) is 0. The molecule has 3 rings (SSSR count). The first-order chi connectivity index (χ1) is 12.7. The molecule has 0 saturated heterocycles. The highest BCUT2D eigenvalue weighted by atomic mass is 35.5. The normalized spacial score (nSPS) is 17.1. The smallest absolute Gasteiger partial charge is 0.294 e. The van der Waals surface area contributed by atoms with Crippen molar-refractivity contribution < 1.29 is 19.8 Å². The largest absolute Gasteiger partial charge is 0.508 e. The minimum atomic E-state index is -0.842. The summed E-state index contributed by atoms with van der Waals surface area (Å²) in [4.78, 5) is 26.9. The van der Waals surface area contributed by atoms with Crippen molar-refractivity contribution in [3.05, 3.63) is 69.4 Å². The van der Waals surface area contributed by atoms with Crippen LogP contribution in [0.1, 0.15) is 25.5 Å². The minimum Gasteiger partial charge on any atom is -0.508 e. The number of hydrogen-bond acceptors (Lipinski definition) is 4. The molecule has 0 aliphatic carbocycles. The number of rotatable bonds is 4. The Morgan fingerprint density at radius 2 is 1.67 bits per heavy atom. The zero-order valence-corrected chi connectivity index (χ0v) is 16.1. The Hall–Kier alpha value is -2.50. The second-order valence-corrected chi connectivity index (χ2v) is 7.36. The first kappa shape index (κ1) is 19.3. The molecule has 5 nitrogen and oxygen atoms in total. The van der Waals surface area contributed by atoms with Crippen LogP contribution in [0, 0.1) is 5.92 Å². The van der Waals surface area contributed by atoms with Crippen LogP contribution in [0.2, 0.25) is 10.0 Å². The molecular weight excluding hydrogens is 389 g/mol. The van der Waals surface area contributed by atoms with Crippen LogP contribution in [-0.4, -0.2) is 21.9 Å². The summed E-state index contributed by atoms with van der Waals surface area (Å²) in [5.41, 5.74) is 0.984. The third-order valence-corrected chi connectivity index (χ3v) is 5.13. The summed E-state index contributed by atoms with van der Waals surface area (Å²) in [5.74, 6) is -1.98. The number of hydrogen-bond donors (Lipinski definition) is 2. The molecule has 0 radical (unpaired) electrons. The second-order valence-electron chi connectivity index (χ2n) is 6.55. The van der Waals surface area contributed by atoms with Gasteiger partial charge in [0.1, 0.15) is 5.75 Å². The maximum absolute atomic E-state index is 12.8. The number of Topliss-reactive ketones (excluding diaryl/α,β-unsaturated/α-hetero) is 1. The highest BCUT2D eigenvalue weighted by Crippen LogP contribution is 2.43. The Bertz CT molecular complexity index is 951. The third-order valence-electron chi connectivity index (χ3n) is 4.39. The van der Waals surface area contributed by atoms with Gasteiger partial charge in [-0.3, -0.25) is 14.5 Å². The summed E-state index contributed by atoms with van der Waals surface area (Å²) >= 11 is 12.1. The average Bonchev–Trinajstić information content (AvgIpc) is 2.89. The molecule has 0 bridgehead atoms. The number of carbonyl (C=O) groups is 2. The van der Waals surface area contributed by atoms with Gasteiger partial charge in [0.25, 0.3) is 5.91 Å².